The van der Waals surface area contributed by atoms with E-state index in [1.807, 2.05) is 37.3 Å². The smallest absolute Gasteiger partial charge is 0.231 e. The van der Waals surface area contributed by atoms with Gasteiger partial charge in [0.2, 0.25) is 5.91 Å². The van der Waals surface area contributed by atoms with Crippen LogP contribution in [-0.4, -0.2) is 32.5 Å². The molecule has 0 saturated carbocycles. The summed E-state index contributed by atoms with van der Waals surface area (Å²) >= 11 is 6.04. The number of anilines is 1. The zero-order valence-corrected chi connectivity index (χ0v) is 15.5. The normalized spacial score (nSPS) is 20.9. The van der Waals surface area contributed by atoms with E-state index in [9.17, 15) is 13.2 Å². The molecule has 1 heterocycles. The SMILES string of the molecule is Cc1ccc(S(=O)(=O)C[C@@H]2C(=O)N(c3ccccc3)C[C@@H]2CCl)cc1. The topological polar surface area (TPSA) is 54.5 Å². The second kappa shape index (κ2) is 7.18. The number of carbonyl (C=O) groups is 1. The lowest BCUT2D eigenvalue weighted by atomic mass is 10.00. The van der Waals surface area contributed by atoms with Gasteiger partial charge in [0.25, 0.3) is 0 Å². The Labute approximate surface area is 153 Å². The summed E-state index contributed by atoms with van der Waals surface area (Å²) < 4.78 is 25.5. The maximum Gasteiger partial charge on any atom is 0.231 e. The molecule has 2 aromatic carbocycles. The Morgan fingerprint density at radius 3 is 2.32 bits per heavy atom. The molecule has 0 unspecified atom stereocenters. The molecule has 1 aliphatic heterocycles. The molecular weight excluding hydrogens is 358 g/mol. The number of carbonyl (C=O) groups excluding carboxylic acids is 1. The number of hydrogen-bond donors (Lipinski definition) is 0. The number of sulfone groups is 1. The molecule has 6 heteroatoms. The van der Waals surface area contributed by atoms with Crippen molar-refractivity contribution < 1.29 is 13.2 Å². The highest BCUT2D eigenvalue weighted by Crippen LogP contribution is 2.32. The molecule has 2 atom stereocenters. The first-order valence-corrected chi connectivity index (χ1v) is 10.3. The molecule has 1 fully saturated rings. The first kappa shape index (κ1) is 18.0. The Hall–Kier alpha value is -1.85. The second-order valence-electron chi connectivity index (χ2n) is 6.40. The van der Waals surface area contributed by atoms with Crippen molar-refractivity contribution in [3.05, 3.63) is 60.2 Å². The Morgan fingerprint density at radius 2 is 1.72 bits per heavy atom. The molecule has 0 aromatic heterocycles. The van der Waals surface area contributed by atoms with Gasteiger partial charge < -0.3 is 4.90 Å². The van der Waals surface area contributed by atoms with Gasteiger partial charge >= 0.3 is 0 Å². The monoisotopic (exact) mass is 377 g/mol. The number of aryl methyl sites for hydroxylation is 1. The van der Waals surface area contributed by atoms with Gasteiger partial charge in [0, 0.05) is 24.0 Å². The van der Waals surface area contributed by atoms with Crippen molar-refractivity contribution in [2.75, 3.05) is 23.1 Å². The summed E-state index contributed by atoms with van der Waals surface area (Å²) in [5, 5.41) is 0. The van der Waals surface area contributed by atoms with E-state index in [1.165, 1.54) is 0 Å². The standard InChI is InChI=1S/C19H20ClNO3S/c1-14-7-9-17(10-8-14)25(23,24)13-18-15(11-20)12-21(19(18)22)16-5-3-2-4-6-16/h2-10,15,18H,11-13H2,1H3/t15-,18-/m0/s1. The summed E-state index contributed by atoms with van der Waals surface area (Å²) in [5.41, 5.74) is 1.77. The molecule has 1 aliphatic rings. The summed E-state index contributed by atoms with van der Waals surface area (Å²) in [6.45, 7) is 2.35. The lowest BCUT2D eigenvalue weighted by Gasteiger charge is -2.16. The van der Waals surface area contributed by atoms with E-state index < -0.39 is 15.8 Å². The van der Waals surface area contributed by atoms with Gasteiger partial charge in [-0.25, -0.2) is 8.42 Å². The van der Waals surface area contributed by atoms with Gasteiger partial charge in [-0.3, -0.25) is 4.79 Å². The van der Waals surface area contributed by atoms with Gasteiger partial charge in [0.15, 0.2) is 9.84 Å². The second-order valence-corrected chi connectivity index (χ2v) is 8.74. The lowest BCUT2D eigenvalue weighted by molar-refractivity contribution is -0.120. The summed E-state index contributed by atoms with van der Waals surface area (Å²) in [6, 6.07) is 16.0. The Kier molecular flexibility index (Phi) is 5.16. The van der Waals surface area contributed by atoms with Crippen LogP contribution in [0.1, 0.15) is 5.56 Å². The Bertz CT molecular complexity index is 850. The van der Waals surface area contributed by atoms with Crippen molar-refractivity contribution in [3.8, 4) is 0 Å². The molecule has 2 aromatic rings. The molecule has 4 nitrogen and oxygen atoms in total. The minimum Gasteiger partial charge on any atom is -0.312 e. The van der Waals surface area contributed by atoms with Crippen molar-refractivity contribution in [1.29, 1.82) is 0 Å². The van der Waals surface area contributed by atoms with E-state index in [1.54, 1.807) is 29.2 Å². The molecule has 132 valence electrons. The van der Waals surface area contributed by atoms with Crippen molar-refractivity contribution in [2.24, 2.45) is 11.8 Å². The van der Waals surface area contributed by atoms with E-state index in [0.29, 0.717) is 6.54 Å². The average molecular weight is 378 g/mol. The molecule has 0 bridgehead atoms. The summed E-state index contributed by atoms with van der Waals surface area (Å²) in [5.74, 6) is -0.940. The highest BCUT2D eigenvalue weighted by molar-refractivity contribution is 7.91. The Morgan fingerprint density at radius 1 is 1.08 bits per heavy atom. The summed E-state index contributed by atoms with van der Waals surface area (Å²) in [7, 11) is -3.55. The number of hydrogen-bond acceptors (Lipinski definition) is 3. The average Bonchev–Trinajstić information content (AvgIpc) is 2.92. The molecular formula is C19H20ClNO3S. The third-order valence-electron chi connectivity index (χ3n) is 4.61. The molecule has 1 amide bonds. The first-order valence-electron chi connectivity index (χ1n) is 8.14. The number of para-hydroxylation sites is 1. The van der Waals surface area contributed by atoms with Crippen LogP contribution in [0.15, 0.2) is 59.5 Å². The predicted molar refractivity (Wildman–Crippen MR) is 99.7 cm³/mol. The highest BCUT2D eigenvalue weighted by Gasteiger charge is 2.43. The van der Waals surface area contributed by atoms with Crippen LogP contribution in [0.5, 0.6) is 0 Å². The highest BCUT2D eigenvalue weighted by atomic mass is 35.5. The molecule has 3 rings (SSSR count). The van der Waals surface area contributed by atoms with Crippen molar-refractivity contribution in [1.82, 2.24) is 0 Å². The van der Waals surface area contributed by atoms with Crippen LogP contribution < -0.4 is 4.90 Å². The van der Waals surface area contributed by atoms with Gasteiger partial charge in [-0.1, -0.05) is 35.9 Å². The number of benzene rings is 2. The van der Waals surface area contributed by atoms with Crippen LogP contribution in [0.2, 0.25) is 0 Å². The van der Waals surface area contributed by atoms with Crippen LogP contribution in [0.4, 0.5) is 5.69 Å². The molecule has 25 heavy (non-hydrogen) atoms. The van der Waals surface area contributed by atoms with Crippen LogP contribution in [0, 0.1) is 18.8 Å². The van der Waals surface area contributed by atoms with Crippen LogP contribution in [-0.2, 0) is 14.6 Å². The van der Waals surface area contributed by atoms with Gasteiger partial charge in [-0.05, 0) is 31.2 Å². The Balaban J connectivity index is 1.85. The molecule has 0 spiro atoms. The molecule has 1 saturated heterocycles. The minimum atomic E-state index is -3.55. The zero-order valence-electron chi connectivity index (χ0n) is 13.9. The lowest BCUT2D eigenvalue weighted by Crippen LogP contribution is -2.30. The summed E-state index contributed by atoms with van der Waals surface area (Å²) in [6.07, 6.45) is 0. The van der Waals surface area contributed by atoms with E-state index in [4.69, 9.17) is 11.6 Å². The zero-order chi connectivity index (χ0) is 18.0. The summed E-state index contributed by atoms with van der Waals surface area (Å²) in [4.78, 5) is 14.7. The number of alkyl halides is 1. The number of amides is 1. The van der Waals surface area contributed by atoms with Crippen LogP contribution in [0.25, 0.3) is 0 Å². The minimum absolute atomic E-state index is 0.174. The van der Waals surface area contributed by atoms with E-state index >= 15 is 0 Å². The van der Waals surface area contributed by atoms with E-state index in [0.717, 1.165) is 11.3 Å². The van der Waals surface area contributed by atoms with Gasteiger partial charge in [-0.2, -0.15) is 0 Å². The fourth-order valence-corrected chi connectivity index (χ4v) is 5.08. The molecule has 0 radical (unpaired) electrons. The third-order valence-corrected chi connectivity index (χ3v) is 6.80. The van der Waals surface area contributed by atoms with Crippen LogP contribution >= 0.6 is 11.6 Å². The van der Waals surface area contributed by atoms with E-state index in [-0.39, 0.29) is 28.4 Å². The quantitative estimate of drug-likeness (QED) is 0.751. The van der Waals surface area contributed by atoms with Gasteiger partial charge in [0.1, 0.15) is 0 Å². The van der Waals surface area contributed by atoms with E-state index in [2.05, 4.69) is 0 Å². The first-order chi connectivity index (χ1) is 11.9. The number of rotatable bonds is 5. The number of halogens is 1. The van der Waals surface area contributed by atoms with Gasteiger partial charge in [-0.15, -0.1) is 11.6 Å². The van der Waals surface area contributed by atoms with Gasteiger partial charge in [0.05, 0.1) is 16.6 Å². The molecule has 0 N–H and O–H groups in total. The van der Waals surface area contributed by atoms with Crippen molar-refractivity contribution in [3.63, 3.8) is 0 Å². The largest absolute Gasteiger partial charge is 0.312 e. The maximum atomic E-state index is 12.8. The fraction of sp³-hybridized carbons (Fsp3) is 0.316. The van der Waals surface area contributed by atoms with Crippen molar-refractivity contribution >= 4 is 33.0 Å². The molecule has 0 aliphatic carbocycles. The van der Waals surface area contributed by atoms with Crippen molar-refractivity contribution in [2.45, 2.75) is 11.8 Å². The third kappa shape index (κ3) is 3.72. The fourth-order valence-electron chi connectivity index (χ4n) is 3.14. The number of nitrogens with zero attached hydrogens (tertiary/aromatic N) is 1. The van der Waals surface area contributed by atoms with Crippen LogP contribution in [0.3, 0.4) is 0 Å². The predicted octanol–water partition coefficient (Wildman–Crippen LogP) is 3.29. The maximum absolute atomic E-state index is 12.8.